The van der Waals surface area contributed by atoms with E-state index in [9.17, 15) is 9.90 Å². The van der Waals surface area contributed by atoms with Gasteiger partial charge >= 0.3 is 0 Å². The summed E-state index contributed by atoms with van der Waals surface area (Å²) in [7, 11) is 0. The third-order valence-corrected chi connectivity index (χ3v) is 4.59. The number of carbonyl (C=O) groups is 1. The van der Waals surface area contributed by atoms with Gasteiger partial charge in [-0.15, -0.1) is 12.4 Å². The van der Waals surface area contributed by atoms with E-state index in [4.69, 9.17) is 5.26 Å². The van der Waals surface area contributed by atoms with E-state index in [2.05, 4.69) is 16.7 Å². The van der Waals surface area contributed by atoms with Crippen LogP contribution in [-0.2, 0) is 0 Å². The van der Waals surface area contributed by atoms with Gasteiger partial charge in [0, 0.05) is 17.7 Å². The molecule has 3 rings (SSSR count). The Morgan fingerprint density at radius 1 is 1.19 bits per heavy atom. The van der Waals surface area contributed by atoms with E-state index in [1.165, 1.54) is 6.07 Å². The van der Waals surface area contributed by atoms with Crippen LogP contribution in [0.3, 0.4) is 0 Å². The Bertz CT molecular complexity index is 794. The Morgan fingerprint density at radius 2 is 1.88 bits per heavy atom. The smallest absolute Gasteiger partial charge is 0.251 e. The molecule has 1 fully saturated rings. The van der Waals surface area contributed by atoms with Gasteiger partial charge in [0.1, 0.15) is 5.75 Å². The van der Waals surface area contributed by atoms with Gasteiger partial charge in [0.25, 0.3) is 5.91 Å². The van der Waals surface area contributed by atoms with Crippen molar-refractivity contribution in [3.05, 3.63) is 53.6 Å². The number of nitrogens with zero attached hydrogens (tertiary/aromatic N) is 1. The van der Waals surface area contributed by atoms with Crippen LogP contribution in [0.15, 0.2) is 42.5 Å². The molecule has 0 aliphatic carbocycles. The molecule has 6 heteroatoms. The number of hydrogen-bond donors (Lipinski definition) is 3. The normalized spacial score (nSPS) is 14.1. The summed E-state index contributed by atoms with van der Waals surface area (Å²) in [6, 6.07) is 13.8. The second-order valence-electron chi connectivity index (χ2n) is 6.32. The zero-order valence-electron chi connectivity index (χ0n) is 14.4. The molecule has 3 N–H and O–H groups in total. The van der Waals surface area contributed by atoms with Crippen LogP contribution in [0.5, 0.6) is 5.75 Å². The molecule has 2 aromatic carbocycles. The van der Waals surface area contributed by atoms with Crippen molar-refractivity contribution in [2.24, 2.45) is 5.92 Å². The molecule has 1 aliphatic rings. The van der Waals surface area contributed by atoms with Crippen molar-refractivity contribution in [1.29, 1.82) is 5.26 Å². The van der Waals surface area contributed by atoms with Gasteiger partial charge in [-0.2, -0.15) is 5.26 Å². The molecule has 0 bridgehead atoms. The van der Waals surface area contributed by atoms with Crippen molar-refractivity contribution < 1.29 is 9.90 Å². The van der Waals surface area contributed by atoms with Gasteiger partial charge in [-0.1, -0.05) is 12.1 Å². The highest BCUT2D eigenvalue weighted by molar-refractivity contribution is 5.94. The van der Waals surface area contributed by atoms with E-state index in [1.807, 2.05) is 0 Å². The first-order valence-electron chi connectivity index (χ1n) is 8.50. The highest BCUT2D eigenvalue weighted by atomic mass is 35.5. The molecule has 0 spiro atoms. The second kappa shape index (κ2) is 9.23. The van der Waals surface area contributed by atoms with E-state index in [-0.39, 0.29) is 24.1 Å². The predicted octanol–water partition coefficient (Wildman–Crippen LogP) is 3.08. The summed E-state index contributed by atoms with van der Waals surface area (Å²) in [6.07, 6.45) is 2.18. The second-order valence-corrected chi connectivity index (χ2v) is 6.32. The largest absolute Gasteiger partial charge is 0.507 e. The molecule has 26 heavy (non-hydrogen) atoms. The maximum absolute atomic E-state index is 12.3. The van der Waals surface area contributed by atoms with Crippen LogP contribution in [0.4, 0.5) is 0 Å². The van der Waals surface area contributed by atoms with Gasteiger partial charge in [0.15, 0.2) is 0 Å². The standard InChI is InChI=1S/C20H21N3O2.ClH/c21-12-15-1-6-19(24)18(11-15)16-2-4-17(5-3-16)20(25)23-13-14-7-9-22-10-8-14;/h1-6,11,14,22,24H,7-10,13H2,(H,23,25);1H. The van der Waals surface area contributed by atoms with E-state index in [0.717, 1.165) is 31.5 Å². The van der Waals surface area contributed by atoms with Crippen molar-refractivity contribution in [2.45, 2.75) is 12.8 Å². The fraction of sp³-hybridized carbons (Fsp3) is 0.300. The van der Waals surface area contributed by atoms with Crippen LogP contribution < -0.4 is 10.6 Å². The molecule has 0 saturated carbocycles. The van der Waals surface area contributed by atoms with Crippen LogP contribution in [0, 0.1) is 17.2 Å². The summed E-state index contributed by atoms with van der Waals surface area (Å²) in [5.41, 5.74) is 2.43. The van der Waals surface area contributed by atoms with Crippen LogP contribution in [-0.4, -0.2) is 30.6 Å². The Balaban J connectivity index is 0.00000243. The molecule has 0 atom stereocenters. The zero-order valence-corrected chi connectivity index (χ0v) is 15.2. The highest BCUT2D eigenvalue weighted by Crippen LogP contribution is 2.30. The molecule has 0 radical (unpaired) electrons. The summed E-state index contributed by atoms with van der Waals surface area (Å²) < 4.78 is 0. The van der Waals surface area contributed by atoms with Crippen molar-refractivity contribution in [1.82, 2.24) is 10.6 Å². The van der Waals surface area contributed by atoms with Crippen molar-refractivity contribution in [2.75, 3.05) is 19.6 Å². The number of rotatable bonds is 4. The predicted molar refractivity (Wildman–Crippen MR) is 103 cm³/mol. The number of phenolic OH excluding ortho intramolecular Hbond substituents is 1. The molecule has 1 amide bonds. The first kappa shape index (κ1) is 19.8. The lowest BCUT2D eigenvalue weighted by atomic mass is 9.98. The zero-order chi connectivity index (χ0) is 17.6. The van der Waals surface area contributed by atoms with Gasteiger partial charge in [0.05, 0.1) is 11.6 Å². The number of carbonyl (C=O) groups excluding carboxylic acids is 1. The Labute approximate surface area is 159 Å². The van der Waals surface area contributed by atoms with Gasteiger partial charge in [-0.25, -0.2) is 0 Å². The molecular formula is C20H22ClN3O2. The summed E-state index contributed by atoms with van der Waals surface area (Å²) >= 11 is 0. The van der Waals surface area contributed by atoms with Gasteiger partial charge in [-0.3, -0.25) is 4.79 Å². The van der Waals surface area contributed by atoms with Crippen molar-refractivity contribution >= 4 is 18.3 Å². The van der Waals surface area contributed by atoms with Crippen LogP contribution >= 0.6 is 12.4 Å². The summed E-state index contributed by atoms with van der Waals surface area (Å²) in [5, 5.41) is 25.3. The SMILES string of the molecule is Cl.N#Cc1ccc(O)c(-c2ccc(C(=O)NCC3CCNCC3)cc2)c1. The number of halogens is 1. The van der Waals surface area contributed by atoms with E-state index < -0.39 is 0 Å². The maximum Gasteiger partial charge on any atom is 0.251 e. The number of nitriles is 1. The minimum absolute atomic E-state index is 0. The Morgan fingerprint density at radius 3 is 2.54 bits per heavy atom. The van der Waals surface area contributed by atoms with Crippen molar-refractivity contribution in [3.63, 3.8) is 0 Å². The third kappa shape index (κ3) is 4.75. The van der Waals surface area contributed by atoms with E-state index >= 15 is 0 Å². The Hall–Kier alpha value is -2.55. The minimum atomic E-state index is -0.0833. The number of hydrogen-bond acceptors (Lipinski definition) is 4. The van der Waals surface area contributed by atoms with Crippen LogP contribution in [0.2, 0.25) is 0 Å². The third-order valence-electron chi connectivity index (χ3n) is 4.59. The number of piperidine rings is 1. The lowest BCUT2D eigenvalue weighted by Crippen LogP contribution is -2.35. The number of aromatic hydroxyl groups is 1. The summed E-state index contributed by atoms with van der Waals surface area (Å²) in [6.45, 7) is 2.73. The van der Waals surface area contributed by atoms with E-state index in [1.54, 1.807) is 36.4 Å². The number of phenols is 1. The molecule has 1 aliphatic heterocycles. The minimum Gasteiger partial charge on any atom is -0.507 e. The molecule has 1 heterocycles. The molecular weight excluding hydrogens is 350 g/mol. The van der Waals surface area contributed by atoms with Gasteiger partial charge in [-0.05, 0) is 67.7 Å². The summed E-state index contributed by atoms with van der Waals surface area (Å²) in [5.74, 6) is 0.567. The van der Waals surface area contributed by atoms with Crippen molar-refractivity contribution in [3.8, 4) is 22.9 Å². The number of nitrogens with one attached hydrogen (secondary N) is 2. The quantitative estimate of drug-likeness (QED) is 0.771. The first-order valence-corrected chi connectivity index (χ1v) is 8.50. The lowest BCUT2D eigenvalue weighted by molar-refractivity contribution is 0.0944. The Kier molecular flexibility index (Phi) is 7.02. The van der Waals surface area contributed by atoms with Gasteiger partial charge in [0.2, 0.25) is 0 Å². The molecule has 5 nitrogen and oxygen atoms in total. The molecule has 136 valence electrons. The fourth-order valence-electron chi connectivity index (χ4n) is 3.06. The van der Waals surface area contributed by atoms with Crippen LogP contribution in [0.25, 0.3) is 11.1 Å². The van der Waals surface area contributed by atoms with Crippen LogP contribution in [0.1, 0.15) is 28.8 Å². The highest BCUT2D eigenvalue weighted by Gasteiger charge is 2.15. The molecule has 0 unspecified atom stereocenters. The average Bonchev–Trinajstić information content (AvgIpc) is 2.67. The van der Waals surface area contributed by atoms with Gasteiger partial charge < -0.3 is 15.7 Å². The number of benzene rings is 2. The monoisotopic (exact) mass is 371 g/mol. The average molecular weight is 372 g/mol. The lowest BCUT2D eigenvalue weighted by Gasteiger charge is -2.22. The topological polar surface area (TPSA) is 85.1 Å². The summed E-state index contributed by atoms with van der Waals surface area (Å²) in [4.78, 5) is 12.3. The molecule has 1 saturated heterocycles. The first-order chi connectivity index (χ1) is 12.2. The fourth-order valence-corrected chi connectivity index (χ4v) is 3.06. The molecule has 2 aromatic rings. The maximum atomic E-state index is 12.3. The number of amides is 1. The molecule has 0 aromatic heterocycles. The van der Waals surface area contributed by atoms with E-state index in [0.29, 0.717) is 29.2 Å².